The van der Waals surface area contributed by atoms with E-state index in [4.69, 9.17) is 9.97 Å². The van der Waals surface area contributed by atoms with Gasteiger partial charge in [-0.1, -0.05) is 18.2 Å². The number of benzene rings is 1. The molecule has 7 heteroatoms. The molecule has 4 aromatic rings. The molecule has 0 unspecified atom stereocenters. The van der Waals surface area contributed by atoms with Crippen LogP contribution in [0.4, 0.5) is 0 Å². The molecule has 1 aliphatic rings. The van der Waals surface area contributed by atoms with E-state index in [1.54, 1.807) is 0 Å². The second kappa shape index (κ2) is 7.16. The fourth-order valence-electron chi connectivity index (χ4n) is 3.75. The number of fused-ring (bicyclic) bond motifs is 1. The molecule has 0 saturated carbocycles. The van der Waals surface area contributed by atoms with E-state index in [1.807, 2.05) is 36.4 Å². The number of rotatable bonds is 4. The van der Waals surface area contributed by atoms with Gasteiger partial charge in [-0.3, -0.25) is 4.68 Å². The van der Waals surface area contributed by atoms with Crippen molar-refractivity contribution in [1.29, 1.82) is 0 Å². The first-order valence-electron chi connectivity index (χ1n) is 9.99. The summed E-state index contributed by atoms with van der Waals surface area (Å²) in [4.78, 5) is 14.5. The lowest BCUT2D eigenvalue weighted by Crippen LogP contribution is -2.14. The summed E-state index contributed by atoms with van der Waals surface area (Å²) in [6, 6.07) is 10.3. The number of hydrogen-bond donors (Lipinski definition) is 1. The van der Waals surface area contributed by atoms with Crippen molar-refractivity contribution in [1.82, 2.24) is 34.6 Å². The molecule has 29 heavy (non-hydrogen) atoms. The zero-order valence-electron chi connectivity index (χ0n) is 16.6. The lowest BCUT2D eigenvalue weighted by Gasteiger charge is -2.15. The fourth-order valence-corrected chi connectivity index (χ4v) is 3.75. The summed E-state index contributed by atoms with van der Waals surface area (Å²) in [6.07, 6.45) is 7.96. The monoisotopic (exact) mass is 385 g/mol. The number of allylic oxidation sites excluding steroid dienone is 1. The second-order valence-electron chi connectivity index (χ2n) is 7.28. The Balaban J connectivity index is 1.68. The van der Waals surface area contributed by atoms with Crippen LogP contribution in [0.15, 0.2) is 49.1 Å². The zero-order valence-corrected chi connectivity index (χ0v) is 16.6. The topological polar surface area (TPSA) is 73.5 Å². The highest BCUT2D eigenvalue weighted by Gasteiger charge is 2.18. The third-order valence-corrected chi connectivity index (χ3v) is 5.28. The molecule has 146 valence electrons. The summed E-state index contributed by atoms with van der Waals surface area (Å²) in [6.45, 7) is 3.92. The van der Waals surface area contributed by atoms with E-state index in [0.29, 0.717) is 5.82 Å². The molecule has 5 rings (SSSR count). The predicted molar refractivity (Wildman–Crippen MR) is 114 cm³/mol. The summed E-state index contributed by atoms with van der Waals surface area (Å²) >= 11 is 0. The average molecular weight is 385 g/mol. The second-order valence-corrected chi connectivity index (χ2v) is 7.28. The first-order chi connectivity index (χ1) is 14.2. The Morgan fingerprint density at radius 3 is 2.79 bits per heavy atom. The minimum Gasteiger partial charge on any atom is -0.391 e. The molecule has 4 heterocycles. The third-order valence-electron chi connectivity index (χ3n) is 5.28. The van der Waals surface area contributed by atoms with Gasteiger partial charge in [-0.15, -0.1) is 0 Å². The van der Waals surface area contributed by atoms with E-state index in [0.717, 1.165) is 59.6 Å². The average Bonchev–Trinajstić information content (AvgIpc) is 3.39. The molecular formula is C22H23N7. The quantitative estimate of drug-likeness (QED) is 0.581. The summed E-state index contributed by atoms with van der Waals surface area (Å²) < 4.78 is 3.88. The molecule has 3 aromatic heterocycles. The highest BCUT2D eigenvalue weighted by molar-refractivity contribution is 5.87. The Kier molecular flexibility index (Phi) is 4.35. The fraction of sp³-hybridized carbons (Fsp3) is 0.273. The van der Waals surface area contributed by atoms with Gasteiger partial charge in [0.25, 0.3) is 0 Å². The van der Waals surface area contributed by atoms with Crippen molar-refractivity contribution < 1.29 is 0 Å². The van der Waals surface area contributed by atoms with Gasteiger partial charge < -0.3 is 9.88 Å². The van der Waals surface area contributed by atoms with Gasteiger partial charge >= 0.3 is 0 Å². The number of nitrogens with one attached hydrogen (secondary N) is 1. The van der Waals surface area contributed by atoms with Crippen molar-refractivity contribution in [2.45, 2.75) is 26.3 Å². The summed E-state index contributed by atoms with van der Waals surface area (Å²) in [7, 11) is 1.93. The van der Waals surface area contributed by atoms with E-state index in [1.165, 1.54) is 5.57 Å². The molecule has 1 aromatic carbocycles. The standard InChI is InChI=1S/C22H23N7/c1-3-29-14-24-20-19(17-8-5-10-23-13-17)25-21(26-22(20)29)16-7-4-6-15(12-16)18-9-11-28(2)27-18/h4,6-7,9,11-14,23H,3,5,8,10H2,1-2H3. The molecule has 7 nitrogen and oxygen atoms in total. The number of aromatic nitrogens is 6. The normalized spacial score (nSPS) is 14.1. The number of hydrogen-bond acceptors (Lipinski definition) is 5. The van der Waals surface area contributed by atoms with Crippen LogP contribution >= 0.6 is 0 Å². The van der Waals surface area contributed by atoms with Gasteiger partial charge in [-0.05, 0) is 37.5 Å². The van der Waals surface area contributed by atoms with E-state index >= 15 is 0 Å². The Morgan fingerprint density at radius 1 is 1.14 bits per heavy atom. The van der Waals surface area contributed by atoms with Crippen LogP contribution in [0.2, 0.25) is 0 Å². The lowest BCUT2D eigenvalue weighted by atomic mass is 10.0. The minimum atomic E-state index is 0.715. The molecule has 0 amide bonds. The molecule has 0 fully saturated rings. The molecule has 1 aliphatic heterocycles. The highest BCUT2D eigenvalue weighted by Crippen LogP contribution is 2.30. The van der Waals surface area contributed by atoms with Crippen molar-refractivity contribution in [3.05, 3.63) is 54.7 Å². The first kappa shape index (κ1) is 17.6. The predicted octanol–water partition coefficient (Wildman–Crippen LogP) is 3.64. The molecule has 0 atom stereocenters. The van der Waals surface area contributed by atoms with Gasteiger partial charge in [0.15, 0.2) is 11.5 Å². The molecule has 0 spiro atoms. The zero-order chi connectivity index (χ0) is 19.8. The number of nitrogens with zero attached hydrogens (tertiary/aromatic N) is 6. The van der Waals surface area contributed by atoms with Gasteiger partial charge in [0.1, 0.15) is 5.52 Å². The van der Waals surface area contributed by atoms with Crippen molar-refractivity contribution in [2.75, 3.05) is 6.54 Å². The minimum absolute atomic E-state index is 0.715. The molecular weight excluding hydrogens is 362 g/mol. The summed E-state index contributed by atoms with van der Waals surface area (Å²) in [5.41, 5.74) is 6.82. The smallest absolute Gasteiger partial charge is 0.164 e. The van der Waals surface area contributed by atoms with E-state index in [9.17, 15) is 0 Å². The van der Waals surface area contributed by atoms with Crippen LogP contribution in [0.1, 0.15) is 25.5 Å². The first-order valence-corrected chi connectivity index (χ1v) is 9.99. The van der Waals surface area contributed by atoms with Crippen LogP contribution in [0, 0.1) is 0 Å². The SMILES string of the molecule is CCn1cnc2c(C3=CNCCC3)nc(-c3cccc(-c4ccn(C)n4)c3)nc21. The Hall–Kier alpha value is -3.48. The Labute approximate surface area is 169 Å². The van der Waals surface area contributed by atoms with E-state index in [2.05, 4.69) is 51.3 Å². The maximum Gasteiger partial charge on any atom is 0.164 e. The molecule has 1 N–H and O–H groups in total. The van der Waals surface area contributed by atoms with Crippen LogP contribution in [-0.4, -0.2) is 35.8 Å². The maximum atomic E-state index is 4.96. The van der Waals surface area contributed by atoms with Gasteiger partial charge in [0.05, 0.1) is 17.7 Å². The van der Waals surface area contributed by atoms with Crippen LogP contribution < -0.4 is 5.32 Å². The molecule has 0 saturated heterocycles. The molecule has 0 aliphatic carbocycles. The van der Waals surface area contributed by atoms with Crippen molar-refractivity contribution in [3.8, 4) is 22.6 Å². The van der Waals surface area contributed by atoms with Crippen LogP contribution in [0.25, 0.3) is 39.4 Å². The van der Waals surface area contributed by atoms with Gasteiger partial charge in [-0.25, -0.2) is 15.0 Å². The Bertz CT molecular complexity index is 1220. The maximum absolute atomic E-state index is 4.96. The number of imidazole rings is 1. The van der Waals surface area contributed by atoms with Gasteiger partial charge in [0.2, 0.25) is 0 Å². The summed E-state index contributed by atoms with van der Waals surface area (Å²) in [5, 5.41) is 7.86. The largest absolute Gasteiger partial charge is 0.391 e. The third kappa shape index (κ3) is 3.18. The van der Waals surface area contributed by atoms with Crippen molar-refractivity contribution >= 4 is 16.7 Å². The molecule has 0 bridgehead atoms. The number of aryl methyl sites for hydroxylation is 2. The van der Waals surface area contributed by atoms with Crippen molar-refractivity contribution in [2.24, 2.45) is 7.05 Å². The van der Waals surface area contributed by atoms with E-state index in [-0.39, 0.29) is 0 Å². The molecule has 0 radical (unpaired) electrons. The van der Waals surface area contributed by atoms with Gasteiger partial charge in [-0.2, -0.15) is 5.10 Å². The Morgan fingerprint density at radius 2 is 2.03 bits per heavy atom. The summed E-state index contributed by atoms with van der Waals surface area (Å²) in [5.74, 6) is 0.715. The van der Waals surface area contributed by atoms with Crippen LogP contribution in [-0.2, 0) is 13.6 Å². The van der Waals surface area contributed by atoms with Crippen molar-refractivity contribution in [3.63, 3.8) is 0 Å². The van der Waals surface area contributed by atoms with Gasteiger partial charge in [0, 0.05) is 43.7 Å². The van der Waals surface area contributed by atoms with Crippen LogP contribution in [0.5, 0.6) is 0 Å². The van der Waals surface area contributed by atoms with Crippen LogP contribution in [0.3, 0.4) is 0 Å². The van der Waals surface area contributed by atoms with E-state index < -0.39 is 0 Å². The highest BCUT2D eigenvalue weighted by atomic mass is 15.2. The lowest BCUT2D eigenvalue weighted by molar-refractivity contribution is 0.738.